The summed E-state index contributed by atoms with van der Waals surface area (Å²) < 4.78 is 0. The fourth-order valence-electron chi connectivity index (χ4n) is 2.41. The van der Waals surface area contributed by atoms with Crippen molar-refractivity contribution in [1.82, 2.24) is 4.90 Å². The minimum Gasteiger partial charge on any atom is -0.399 e. The summed E-state index contributed by atoms with van der Waals surface area (Å²) in [6, 6.07) is 7.51. The average molecular weight is 232 g/mol. The molecule has 0 radical (unpaired) electrons. The molecule has 2 unspecified atom stereocenters. The van der Waals surface area contributed by atoms with Crippen LogP contribution >= 0.6 is 0 Å². The predicted molar refractivity (Wildman–Crippen MR) is 69.8 cm³/mol. The summed E-state index contributed by atoms with van der Waals surface area (Å²) in [5, 5.41) is 0. The normalized spacial score (nSPS) is 24.7. The largest absolute Gasteiger partial charge is 0.399 e. The van der Waals surface area contributed by atoms with Crippen LogP contribution in [0, 0.1) is 5.92 Å². The second-order valence-electron chi connectivity index (χ2n) is 4.98. The molecule has 1 aromatic rings. The lowest BCUT2D eigenvalue weighted by Gasteiger charge is -2.38. The Labute approximate surface area is 103 Å². The van der Waals surface area contributed by atoms with Crippen LogP contribution in [0.4, 0.5) is 5.69 Å². The van der Waals surface area contributed by atoms with Gasteiger partial charge in [-0.2, -0.15) is 0 Å². The number of nitrogens with two attached hydrogens (primary N) is 1. The first-order chi connectivity index (χ1) is 8.09. The molecule has 1 aliphatic rings. The molecule has 1 aromatic carbocycles. The number of carbonyl (C=O) groups excluding carboxylic acids is 1. The number of nitrogens with zero attached hydrogens (tertiary/aromatic N) is 1. The molecule has 2 rings (SSSR count). The smallest absolute Gasteiger partial charge is 0.254 e. The summed E-state index contributed by atoms with van der Waals surface area (Å²) in [6.45, 7) is 5.22. The summed E-state index contributed by atoms with van der Waals surface area (Å²) in [6.07, 6.45) is 2.32. The van der Waals surface area contributed by atoms with Gasteiger partial charge in [-0.3, -0.25) is 4.79 Å². The molecule has 0 aromatic heterocycles. The van der Waals surface area contributed by atoms with E-state index in [0.717, 1.165) is 18.5 Å². The van der Waals surface area contributed by atoms with E-state index in [0.29, 0.717) is 17.6 Å². The Morgan fingerprint density at radius 3 is 2.59 bits per heavy atom. The van der Waals surface area contributed by atoms with Gasteiger partial charge in [0.1, 0.15) is 0 Å². The third-order valence-corrected chi connectivity index (χ3v) is 3.79. The van der Waals surface area contributed by atoms with E-state index in [4.69, 9.17) is 5.73 Å². The molecule has 1 heterocycles. The van der Waals surface area contributed by atoms with Crippen molar-refractivity contribution in [2.45, 2.75) is 32.7 Å². The number of likely N-dealkylation sites (tertiary alicyclic amines) is 1. The van der Waals surface area contributed by atoms with Crippen molar-refractivity contribution >= 4 is 11.6 Å². The Hall–Kier alpha value is -1.51. The van der Waals surface area contributed by atoms with Crippen LogP contribution in [0.15, 0.2) is 24.3 Å². The third kappa shape index (κ3) is 2.43. The summed E-state index contributed by atoms with van der Waals surface area (Å²) in [5.74, 6) is 0.713. The first-order valence-electron chi connectivity index (χ1n) is 6.26. The number of amides is 1. The molecule has 3 nitrogen and oxygen atoms in total. The highest BCUT2D eigenvalue weighted by atomic mass is 16.2. The minimum absolute atomic E-state index is 0.129. The number of hydrogen-bond acceptors (Lipinski definition) is 2. The van der Waals surface area contributed by atoms with Crippen LogP contribution in [-0.2, 0) is 0 Å². The van der Waals surface area contributed by atoms with Gasteiger partial charge in [0.25, 0.3) is 5.91 Å². The minimum atomic E-state index is 0.129. The Bertz CT molecular complexity index is 399. The summed E-state index contributed by atoms with van der Waals surface area (Å²) >= 11 is 0. The van der Waals surface area contributed by atoms with Crippen molar-refractivity contribution in [3.05, 3.63) is 29.8 Å². The number of piperidine rings is 1. The Balaban J connectivity index is 2.16. The molecule has 92 valence electrons. The third-order valence-electron chi connectivity index (χ3n) is 3.79. The van der Waals surface area contributed by atoms with Gasteiger partial charge in [0, 0.05) is 23.8 Å². The first-order valence-corrected chi connectivity index (χ1v) is 6.26. The fourth-order valence-corrected chi connectivity index (χ4v) is 2.41. The zero-order chi connectivity index (χ0) is 12.4. The average Bonchev–Trinajstić information content (AvgIpc) is 2.33. The molecule has 1 aliphatic heterocycles. The van der Waals surface area contributed by atoms with Crippen molar-refractivity contribution in [3.63, 3.8) is 0 Å². The second kappa shape index (κ2) is 4.78. The first kappa shape index (κ1) is 12.0. The van der Waals surface area contributed by atoms with Gasteiger partial charge in [-0.25, -0.2) is 0 Å². The maximum Gasteiger partial charge on any atom is 0.254 e. The predicted octanol–water partition coefficient (Wildman–Crippen LogP) is 2.53. The Morgan fingerprint density at radius 1 is 1.29 bits per heavy atom. The van der Waals surface area contributed by atoms with Crippen molar-refractivity contribution in [3.8, 4) is 0 Å². The van der Waals surface area contributed by atoms with Crippen molar-refractivity contribution in [2.75, 3.05) is 12.3 Å². The van der Waals surface area contributed by atoms with E-state index in [1.165, 1.54) is 6.42 Å². The van der Waals surface area contributed by atoms with Gasteiger partial charge in [0.05, 0.1) is 0 Å². The lowest BCUT2D eigenvalue weighted by molar-refractivity contribution is 0.0551. The van der Waals surface area contributed by atoms with E-state index in [9.17, 15) is 4.79 Å². The van der Waals surface area contributed by atoms with Crippen molar-refractivity contribution in [1.29, 1.82) is 0 Å². The lowest BCUT2D eigenvalue weighted by atomic mass is 9.91. The number of rotatable bonds is 1. The topological polar surface area (TPSA) is 46.3 Å². The van der Waals surface area contributed by atoms with Crippen LogP contribution in [0.3, 0.4) is 0 Å². The number of nitrogen functional groups attached to an aromatic ring is 1. The lowest BCUT2D eigenvalue weighted by Crippen LogP contribution is -2.46. The van der Waals surface area contributed by atoms with Gasteiger partial charge < -0.3 is 10.6 Å². The van der Waals surface area contributed by atoms with Gasteiger partial charge in [-0.1, -0.05) is 6.92 Å². The zero-order valence-corrected chi connectivity index (χ0v) is 10.5. The van der Waals surface area contributed by atoms with E-state index < -0.39 is 0 Å². The van der Waals surface area contributed by atoms with Crippen LogP contribution in [0.1, 0.15) is 37.0 Å². The molecule has 3 heteroatoms. The monoisotopic (exact) mass is 232 g/mol. The second-order valence-corrected chi connectivity index (χ2v) is 4.98. The van der Waals surface area contributed by atoms with E-state index in [2.05, 4.69) is 13.8 Å². The summed E-state index contributed by atoms with van der Waals surface area (Å²) in [4.78, 5) is 14.3. The van der Waals surface area contributed by atoms with E-state index in [-0.39, 0.29) is 5.91 Å². The molecule has 2 N–H and O–H groups in total. The van der Waals surface area contributed by atoms with Crippen LogP contribution in [0.2, 0.25) is 0 Å². The van der Waals surface area contributed by atoms with E-state index in [1.807, 2.05) is 17.0 Å². The molecular weight excluding hydrogens is 212 g/mol. The van der Waals surface area contributed by atoms with Crippen LogP contribution in [0.5, 0.6) is 0 Å². The van der Waals surface area contributed by atoms with Gasteiger partial charge in [-0.05, 0) is 49.9 Å². The molecule has 2 atom stereocenters. The van der Waals surface area contributed by atoms with Crippen LogP contribution in [0.25, 0.3) is 0 Å². The van der Waals surface area contributed by atoms with Crippen molar-refractivity contribution < 1.29 is 4.79 Å². The number of hydrogen-bond donors (Lipinski definition) is 1. The number of benzene rings is 1. The highest BCUT2D eigenvalue weighted by Gasteiger charge is 2.28. The fraction of sp³-hybridized carbons (Fsp3) is 0.500. The molecule has 0 spiro atoms. The SMILES string of the molecule is CC1CCCN(C(=O)c2ccc(N)cc2)C1C. The van der Waals surface area contributed by atoms with Gasteiger partial charge in [0.2, 0.25) is 0 Å². The maximum atomic E-state index is 12.4. The van der Waals surface area contributed by atoms with E-state index in [1.54, 1.807) is 12.1 Å². The Kier molecular flexibility index (Phi) is 3.36. The molecule has 0 aliphatic carbocycles. The van der Waals surface area contributed by atoms with Gasteiger partial charge >= 0.3 is 0 Å². The molecule has 1 fully saturated rings. The number of anilines is 1. The zero-order valence-electron chi connectivity index (χ0n) is 10.5. The Morgan fingerprint density at radius 2 is 1.94 bits per heavy atom. The van der Waals surface area contributed by atoms with Gasteiger partial charge in [0.15, 0.2) is 0 Å². The highest BCUT2D eigenvalue weighted by molar-refractivity contribution is 5.94. The number of carbonyl (C=O) groups is 1. The summed E-state index contributed by atoms with van der Waals surface area (Å²) in [5.41, 5.74) is 7.06. The quantitative estimate of drug-likeness (QED) is 0.756. The highest BCUT2D eigenvalue weighted by Crippen LogP contribution is 2.24. The molecular formula is C14H20N2O. The molecule has 0 bridgehead atoms. The molecule has 0 saturated carbocycles. The molecule has 1 amide bonds. The van der Waals surface area contributed by atoms with Crippen LogP contribution in [-0.4, -0.2) is 23.4 Å². The molecule has 1 saturated heterocycles. The van der Waals surface area contributed by atoms with E-state index >= 15 is 0 Å². The standard InChI is InChI=1S/C14H20N2O/c1-10-4-3-9-16(11(10)2)14(17)12-5-7-13(15)8-6-12/h5-8,10-11H,3-4,9,15H2,1-2H3. The molecule has 17 heavy (non-hydrogen) atoms. The maximum absolute atomic E-state index is 12.4. The van der Waals surface area contributed by atoms with Gasteiger partial charge in [-0.15, -0.1) is 0 Å². The van der Waals surface area contributed by atoms with Crippen molar-refractivity contribution in [2.24, 2.45) is 5.92 Å². The van der Waals surface area contributed by atoms with Crippen LogP contribution < -0.4 is 5.73 Å². The summed E-state index contributed by atoms with van der Waals surface area (Å²) in [7, 11) is 0.